The summed E-state index contributed by atoms with van der Waals surface area (Å²) in [4.78, 5) is 8.65. The van der Waals surface area contributed by atoms with Crippen LogP contribution in [0.5, 0.6) is 0 Å². The topological polar surface area (TPSA) is 296 Å². The van der Waals surface area contributed by atoms with E-state index < -0.39 is 114 Å². The zero-order valence-electron chi connectivity index (χ0n) is 25.8. The van der Waals surface area contributed by atoms with Crippen LogP contribution in [0.1, 0.15) is 32.1 Å². The standard InChI is InChI=1S/C27H51O19P/c28-6-2-1-3-8-40-25-22(35)20(33)17(30)14(45-25)11-42-27-24(37)21(34)18(31)15(46-27)12-41-26-23(36)19(32)16(29)13(44-26)10-39-7-4-5-9-43-47-38/h13-38,47H,1-12H2. The Morgan fingerprint density at radius 3 is 1.34 bits per heavy atom. The number of hydrogen-bond donors (Lipinski definition) is 11. The van der Waals surface area contributed by atoms with Gasteiger partial charge in [0.1, 0.15) is 73.2 Å². The predicted molar refractivity (Wildman–Crippen MR) is 155 cm³/mol. The summed E-state index contributed by atoms with van der Waals surface area (Å²) in [5.41, 5.74) is 0. The fourth-order valence-electron chi connectivity index (χ4n) is 5.17. The zero-order valence-corrected chi connectivity index (χ0v) is 26.8. The molecule has 0 saturated carbocycles. The molecule has 0 radical (unpaired) electrons. The van der Waals surface area contributed by atoms with Gasteiger partial charge >= 0.3 is 0 Å². The zero-order chi connectivity index (χ0) is 34.5. The third kappa shape index (κ3) is 11.9. The molecule has 0 aromatic heterocycles. The molecule has 0 amide bonds. The summed E-state index contributed by atoms with van der Waals surface area (Å²) >= 11 is 0. The maximum absolute atomic E-state index is 10.5. The van der Waals surface area contributed by atoms with Gasteiger partial charge < -0.3 is 93.6 Å². The summed E-state index contributed by atoms with van der Waals surface area (Å²) in [6.07, 6.45) is -20.2. The molecule has 20 heteroatoms. The highest BCUT2D eigenvalue weighted by Crippen LogP contribution is 2.28. The second kappa shape index (κ2) is 21.1. The molecule has 16 atom stereocenters. The molecular weight excluding hydrogens is 659 g/mol. The van der Waals surface area contributed by atoms with E-state index in [1.54, 1.807) is 0 Å². The molecular formula is C27H51O19P. The monoisotopic (exact) mass is 710 g/mol. The Balaban J connectivity index is 1.51. The number of unbranched alkanes of at least 4 members (excludes halogenated alkanes) is 3. The Bertz CT molecular complexity index is 850. The molecule has 3 aliphatic rings. The van der Waals surface area contributed by atoms with Gasteiger partial charge in [0.15, 0.2) is 27.9 Å². The molecule has 0 bridgehead atoms. The molecule has 278 valence electrons. The van der Waals surface area contributed by atoms with Crippen LogP contribution in [-0.4, -0.2) is 194 Å². The van der Waals surface area contributed by atoms with Crippen molar-refractivity contribution >= 4 is 9.03 Å². The van der Waals surface area contributed by atoms with E-state index in [0.29, 0.717) is 38.7 Å². The van der Waals surface area contributed by atoms with E-state index in [1.165, 1.54) is 0 Å². The van der Waals surface area contributed by atoms with E-state index in [0.717, 1.165) is 0 Å². The molecule has 0 spiro atoms. The Kier molecular flexibility index (Phi) is 18.5. The Labute approximate surface area is 273 Å². The van der Waals surface area contributed by atoms with E-state index in [9.17, 15) is 46.0 Å². The van der Waals surface area contributed by atoms with Gasteiger partial charge in [-0.1, -0.05) is 0 Å². The lowest BCUT2D eigenvalue weighted by Gasteiger charge is -2.44. The summed E-state index contributed by atoms with van der Waals surface area (Å²) < 4.78 is 43.6. The van der Waals surface area contributed by atoms with Crippen LogP contribution in [0, 0.1) is 0 Å². The first-order valence-corrected chi connectivity index (χ1v) is 16.5. The minimum atomic E-state index is -1.80. The van der Waals surface area contributed by atoms with E-state index >= 15 is 0 Å². The van der Waals surface area contributed by atoms with Crippen LogP contribution >= 0.6 is 9.03 Å². The number of ether oxygens (including phenoxy) is 7. The maximum atomic E-state index is 10.5. The molecule has 47 heavy (non-hydrogen) atoms. The lowest BCUT2D eigenvalue weighted by atomic mass is 9.98. The molecule has 0 aromatic carbocycles. The van der Waals surface area contributed by atoms with Gasteiger partial charge in [-0.2, -0.15) is 0 Å². The van der Waals surface area contributed by atoms with Gasteiger partial charge in [0.05, 0.1) is 26.4 Å². The second-order valence-corrected chi connectivity index (χ2v) is 12.1. The quantitative estimate of drug-likeness (QED) is 0.0416. The maximum Gasteiger partial charge on any atom is 0.186 e. The number of hydrogen-bond acceptors (Lipinski definition) is 19. The first-order chi connectivity index (χ1) is 22.5. The normalized spacial score (nSPS) is 41.6. The lowest BCUT2D eigenvalue weighted by molar-refractivity contribution is -0.342. The van der Waals surface area contributed by atoms with Gasteiger partial charge in [-0.05, 0) is 32.1 Å². The van der Waals surface area contributed by atoms with Crippen LogP contribution in [0.2, 0.25) is 0 Å². The predicted octanol–water partition coefficient (Wildman–Crippen LogP) is -5.06. The summed E-state index contributed by atoms with van der Waals surface area (Å²) in [6, 6.07) is 0. The summed E-state index contributed by atoms with van der Waals surface area (Å²) in [5.74, 6) is 0. The van der Waals surface area contributed by atoms with Crippen LogP contribution in [0.4, 0.5) is 0 Å². The van der Waals surface area contributed by atoms with Gasteiger partial charge in [-0.3, -0.25) is 0 Å². The molecule has 19 nitrogen and oxygen atoms in total. The average molecular weight is 711 g/mol. The minimum Gasteiger partial charge on any atom is -0.396 e. The van der Waals surface area contributed by atoms with Crippen molar-refractivity contribution in [3.8, 4) is 0 Å². The van der Waals surface area contributed by atoms with Crippen molar-refractivity contribution in [1.82, 2.24) is 0 Å². The first kappa shape index (κ1) is 41.1. The van der Waals surface area contributed by atoms with E-state index in [2.05, 4.69) is 0 Å². The molecule has 0 aliphatic carbocycles. The average Bonchev–Trinajstić information content (AvgIpc) is 3.06. The fraction of sp³-hybridized carbons (Fsp3) is 1.00. The van der Waals surface area contributed by atoms with Crippen LogP contribution in [0.25, 0.3) is 0 Å². The van der Waals surface area contributed by atoms with E-state index in [1.807, 2.05) is 0 Å². The molecule has 3 fully saturated rings. The summed E-state index contributed by atoms with van der Waals surface area (Å²) in [5, 5.41) is 102. The molecule has 0 aromatic rings. The van der Waals surface area contributed by atoms with Gasteiger partial charge in [0.25, 0.3) is 0 Å². The van der Waals surface area contributed by atoms with E-state index in [-0.39, 0.29) is 26.4 Å². The van der Waals surface area contributed by atoms with Crippen LogP contribution in [0.3, 0.4) is 0 Å². The van der Waals surface area contributed by atoms with Crippen molar-refractivity contribution in [1.29, 1.82) is 0 Å². The Morgan fingerprint density at radius 2 is 0.872 bits per heavy atom. The number of aliphatic hydroxyl groups is 10. The largest absolute Gasteiger partial charge is 0.396 e. The lowest BCUT2D eigenvalue weighted by Crippen LogP contribution is -2.62. The molecule has 3 saturated heterocycles. The van der Waals surface area contributed by atoms with Crippen LogP contribution in [0.15, 0.2) is 0 Å². The first-order valence-electron chi connectivity index (χ1n) is 15.6. The molecule has 11 N–H and O–H groups in total. The smallest absolute Gasteiger partial charge is 0.186 e. The van der Waals surface area contributed by atoms with Crippen molar-refractivity contribution in [3.63, 3.8) is 0 Å². The van der Waals surface area contributed by atoms with Crippen molar-refractivity contribution in [2.24, 2.45) is 0 Å². The highest BCUT2D eigenvalue weighted by Gasteiger charge is 2.49. The molecule has 3 rings (SSSR count). The second-order valence-electron chi connectivity index (χ2n) is 11.6. The summed E-state index contributed by atoms with van der Waals surface area (Å²) in [7, 11) is -0.603. The highest BCUT2D eigenvalue weighted by molar-refractivity contribution is 7.24. The Morgan fingerprint density at radius 1 is 0.447 bits per heavy atom. The molecule has 3 heterocycles. The van der Waals surface area contributed by atoms with Gasteiger partial charge in [0.2, 0.25) is 0 Å². The van der Waals surface area contributed by atoms with Gasteiger partial charge in [-0.15, -0.1) is 0 Å². The van der Waals surface area contributed by atoms with Crippen molar-refractivity contribution < 1.29 is 93.6 Å². The molecule has 3 aliphatic heterocycles. The third-order valence-electron chi connectivity index (χ3n) is 8.07. The summed E-state index contributed by atoms with van der Waals surface area (Å²) in [6.45, 7) is -0.453. The fourth-order valence-corrected chi connectivity index (χ4v) is 5.40. The van der Waals surface area contributed by atoms with Crippen LogP contribution < -0.4 is 0 Å². The SMILES string of the molecule is OCCCCCOC1OC(COC2OC(COC3OC(COCCCCOPO)C(O)C(O)C3O)C(O)C(O)C2O)C(O)C(O)C1O. The minimum absolute atomic E-state index is 0.0194. The van der Waals surface area contributed by atoms with Crippen LogP contribution in [-0.2, 0) is 37.7 Å². The number of aliphatic hydroxyl groups excluding tert-OH is 10. The van der Waals surface area contributed by atoms with Gasteiger partial charge in [0, 0.05) is 19.8 Å². The van der Waals surface area contributed by atoms with Crippen molar-refractivity contribution in [3.05, 3.63) is 0 Å². The van der Waals surface area contributed by atoms with Crippen molar-refractivity contribution in [2.75, 3.05) is 46.2 Å². The highest BCUT2D eigenvalue weighted by atomic mass is 31.1. The van der Waals surface area contributed by atoms with Gasteiger partial charge in [-0.25, -0.2) is 0 Å². The van der Waals surface area contributed by atoms with E-state index in [4.69, 9.17) is 47.7 Å². The molecule has 16 unspecified atom stereocenters. The van der Waals surface area contributed by atoms with Crippen molar-refractivity contribution in [2.45, 2.75) is 124 Å². The third-order valence-corrected chi connectivity index (χ3v) is 8.40. The Hall–Kier alpha value is -0.330. The number of rotatable bonds is 20.